The summed E-state index contributed by atoms with van der Waals surface area (Å²) in [6, 6.07) is 13.4. The molecule has 0 spiro atoms. The first kappa shape index (κ1) is 47.4. The van der Waals surface area contributed by atoms with Gasteiger partial charge in [0, 0.05) is 37.4 Å². The van der Waals surface area contributed by atoms with Crippen LogP contribution in [0.1, 0.15) is 174 Å². The summed E-state index contributed by atoms with van der Waals surface area (Å²) < 4.78 is 2.25. The first-order valence-electron chi connectivity index (χ1n) is 25.0. The van der Waals surface area contributed by atoms with E-state index in [-0.39, 0.29) is 36.1 Å². The fourth-order valence-corrected chi connectivity index (χ4v) is 13.7. The number of nitrogens with zero attached hydrogens (tertiary/aromatic N) is 5. The first-order valence-corrected chi connectivity index (χ1v) is 25.8. The van der Waals surface area contributed by atoms with E-state index < -0.39 is 6.04 Å². The summed E-state index contributed by atoms with van der Waals surface area (Å²) in [6.07, 6.45) is 25.0. The van der Waals surface area contributed by atoms with Crippen LogP contribution >= 0.6 is 15.9 Å². The van der Waals surface area contributed by atoms with Crippen LogP contribution in [0.5, 0.6) is 0 Å². The van der Waals surface area contributed by atoms with Crippen LogP contribution in [-0.2, 0) is 20.9 Å². The van der Waals surface area contributed by atoms with E-state index in [4.69, 9.17) is 0 Å². The Morgan fingerprint density at radius 3 is 2.08 bits per heavy atom. The number of nitrogens with one attached hydrogen (secondary N) is 1. The number of carbonyl (C=O) groups excluding carboxylic acids is 4. The minimum atomic E-state index is -0.576. The third-order valence-electron chi connectivity index (χ3n) is 16.2. The molecule has 3 aromatic rings. The van der Waals surface area contributed by atoms with Crippen molar-refractivity contribution in [2.45, 2.75) is 194 Å². The number of para-hydroxylation sites is 1. The molecule has 10 atom stereocenters. The lowest BCUT2D eigenvalue weighted by Gasteiger charge is -2.32. The minimum absolute atomic E-state index is 0.0147. The standard InChI is InChI=1S/C29H34BrN5O3.C12H22.C11H19NO/c1-19(36)28-21-12-8-9-14-23(21)34(33-28)18-27(37)35-22-13-7-5-3-2-4-6-11-20(22)17-24(35)29(38)32-26-16-10-15-25(30)31-26;1-3-9-8-10-6-5-7-12(10)11(9)4-2;1-3-10-7-9-5-4-6-11(9)12(10)8(2)13/h8-10,12,14-16,20,22,24H,2-7,11,13,17-18H2,1H3,(H,31,32,38);9-12H,3-8H2,1-2H3;9-11H,3-7H2,1-2H3. The van der Waals surface area contributed by atoms with E-state index in [1.807, 2.05) is 35.2 Å². The summed E-state index contributed by atoms with van der Waals surface area (Å²) in [7, 11) is 0. The Bertz CT molecular complexity index is 2040. The van der Waals surface area contributed by atoms with Crippen molar-refractivity contribution in [1.29, 1.82) is 0 Å². The number of hydrogen-bond acceptors (Lipinski definition) is 6. The number of aromatic nitrogens is 3. The fourth-order valence-electron chi connectivity index (χ4n) is 13.4. The zero-order valence-corrected chi connectivity index (χ0v) is 40.5. The Hall–Kier alpha value is -3.60. The fraction of sp³-hybridized carbons (Fsp3) is 0.692. The van der Waals surface area contributed by atoms with Gasteiger partial charge in [0.15, 0.2) is 5.78 Å². The number of rotatable bonds is 8. The van der Waals surface area contributed by atoms with E-state index in [9.17, 15) is 19.2 Å². The second-order valence-electron chi connectivity index (χ2n) is 19.8. The van der Waals surface area contributed by atoms with Gasteiger partial charge in [-0.05, 0) is 127 Å². The first-order chi connectivity index (χ1) is 30.5. The Morgan fingerprint density at radius 1 is 0.698 bits per heavy atom. The van der Waals surface area contributed by atoms with Crippen LogP contribution in [0.25, 0.3) is 10.9 Å². The highest BCUT2D eigenvalue weighted by Gasteiger charge is 2.47. The van der Waals surface area contributed by atoms with E-state index in [1.165, 1.54) is 71.1 Å². The van der Waals surface area contributed by atoms with Crippen molar-refractivity contribution in [2.75, 3.05) is 5.32 Å². The Labute approximate surface area is 385 Å². The zero-order valence-electron chi connectivity index (χ0n) is 38.9. The molecule has 6 fully saturated rings. The van der Waals surface area contributed by atoms with E-state index in [2.05, 4.69) is 57.0 Å². The van der Waals surface area contributed by atoms with Gasteiger partial charge in [0.2, 0.25) is 17.7 Å². The highest BCUT2D eigenvalue weighted by Crippen LogP contribution is 2.52. The van der Waals surface area contributed by atoms with Gasteiger partial charge < -0.3 is 15.1 Å². The van der Waals surface area contributed by atoms with Gasteiger partial charge in [-0.2, -0.15) is 5.10 Å². The monoisotopic (exact) mass is 927 g/mol. The van der Waals surface area contributed by atoms with Gasteiger partial charge in [0.05, 0.1) is 5.52 Å². The van der Waals surface area contributed by atoms with E-state index in [1.54, 1.807) is 43.0 Å². The summed E-state index contributed by atoms with van der Waals surface area (Å²) in [5.41, 5.74) is 1.11. The van der Waals surface area contributed by atoms with Crippen LogP contribution < -0.4 is 5.32 Å². The number of carbonyl (C=O) groups is 4. The molecule has 344 valence electrons. The summed E-state index contributed by atoms with van der Waals surface area (Å²) in [4.78, 5) is 59.7. The molecule has 3 amide bonds. The molecule has 2 aliphatic heterocycles. The quantitative estimate of drug-likeness (QED) is 0.178. The van der Waals surface area contributed by atoms with Crippen molar-refractivity contribution in [1.82, 2.24) is 24.6 Å². The third kappa shape index (κ3) is 10.9. The number of halogens is 1. The summed E-state index contributed by atoms with van der Waals surface area (Å²) in [6.45, 7) is 10.2. The van der Waals surface area contributed by atoms with Crippen molar-refractivity contribution < 1.29 is 19.2 Å². The lowest BCUT2D eigenvalue weighted by molar-refractivity contribution is -0.139. The van der Waals surface area contributed by atoms with E-state index in [0.717, 1.165) is 79.0 Å². The molecule has 1 N–H and O–H groups in total. The molecule has 10 unspecified atom stereocenters. The average Bonchev–Trinajstić information content (AvgIpc) is 4.13. The summed E-state index contributed by atoms with van der Waals surface area (Å²) in [5.74, 6) is 5.84. The molecule has 0 bridgehead atoms. The van der Waals surface area contributed by atoms with Gasteiger partial charge in [-0.15, -0.1) is 0 Å². The smallest absolute Gasteiger partial charge is 0.248 e. The summed E-state index contributed by atoms with van der Waals surface area (Å²) >= 11 is 3.36. The maximum absolute atomic E-state index is 14.0. The SMILES string of the molecule is CC(=O)c1nn(CC(=O)N2C(C(=O)Nc3cccc(Br)n3)CC3CCCCCCCCC32)c2ccccc12.CCC1CC2CCCC2C1CC.CCC1CC2CCCC2N1C(C)=O. The molecule has 1 aromatic carbocycles. The van der Waals surface area contributed by atoms with Gasteiger partial charge in [-0.1, -0.05) is 116 Å². The number of anilines is 1. The largest absolute Gasteiger partial charge is 0.337 e. The third-order valence-corrected chi connectivity index (χ3v) is 16.6. The molecule has 63 heavy (non-hydrogen) atoms. The van der Waals surface area contributed by atoms with Crippen LogP contribution in [0.2, 0.25) is 0 Å². The zero-order chi connectivity index (χ0) is 44.6. The molecule has 0 radical (unpaired) electrons. The van der Waals surface area contributed by atoms with Crippen LogP contribution in [0.4, 0.5) is 5.82 Å². The number of ketones is 1. The number of likely N-dealkylation sites (tertiary alicyclic amines) is 2. The van der Waals surface area contributed by atoms with Crippen molar-refractivity contribution in [3.8, 4) is 0 Å². The maximum Gasteiger partial charge on any atom is 0.248 e. The van der Waals surface area contributed by atoms with E-state index >= 15 is 0 Å². The second kappa shape index (κ2) is 22.1. The molecule has 2 saturated heterocycles. The van der Waals surface area contributed by atoms with Gasteiger partial charge >= 0.3 is 0 Å². The maximum atomic E-state index is 14.0. The van der Waals surface area contributed by atoms with Crippen molar-refractivity contribution >= 4 is 56.2 Å². The predicted molar refractivity (Wildman–Crippen MR) is 255 cm³/mol. The highest BCUT2D eigenvalue weighted by atomic mass is 79.9. The lowest BCUT2D eigenvalue weighted by Crippen LogP contribution is -2.48. The molecule has 6 aliphatic rings. The second-order valence-corrected chi connectivity index (χ2v) is 20.6. The van der Waals surface area contributed by atoms with Crippen LogP contribution in [0.15, 0.2) is 47.1 Å². The van der Waals surface area contributed by atoms with Crippen LogP contribution in [-0.4, -0.2) is 72.2 Å². The normalized spacial score (nSPS) is 30.1. The molecule has 9 rings (SSSR count). The molecular weight excluding hydrogens is 853 g/mol. The molecule has 11 heteroatoms. The van der Waals surface area contributed by atoms with Gasteiger partial charge in [0.25, 0.3) is 0 Å². The molecule has 4 aliphatic carbocycles. The van der Waals surface area contributed by atoms with Crippen LogP contribution in [0.3, 0.4) is 0 Å². The molecular formula is C52H75BrN6O4. The topological polar surface area (TPSA) is 118 Å². The molecule has 10 nitrogen and oxygen atoms in total. The summed E-state index contributed by atoms with van der Waals surface area (Å²) in [5, 5.41) is 8.20. The van der Waals surface area contributed by atoms with Gasteiger partial charge in [-0.3, -0.25) is 23.9 Å². The average molecular weight is 928 g/mol. The van der Waals surface area contributed by atoms with Crippen molar-refractivity contribution in [3.05, 3.63) is 52.8 Å². The number of Topliss-reactive ketones (excluding diaryl/α,β-unsaturated/α-hetero) is 1. The van der Waals surface area contributed by atoms with Gasteiger partial charge in [0.1, 0.15) is 28.7 Å². The number of benzene rings is 1. The van der Waals surface area contributed by atoms with E-state index in [0.29, 0.717) is 40.5 Å². The number of amides is 3. The minimum Gasteiger partial charge on any atom is -0.337 e. The number of pyridine rings is 1. The highest BCUT2D eigenvalue weighted by molar-refractivity contribution is 9.10. The predicted octanol–water partition coefficient (Wildman–Crippen LogP) is 11.8. The van der Waals surface area contributed by atoms with Crippen LogP contribution in [0, 0.1) is 35.5 Å². The lowest BCUT2D eigenvalue weighted by atomic mass is 9.84. The van der Waals surface area contributed by atoms with Crippen molar-refractivity contribution in [3.63, 3.8) is 0 Å². The number of hydrogen-bond donors (Lipinski definition) is 1. The molecule has 4 saturated carbocycles. The Balaban J connectivity index is 0.000000191. The molecule has 2 aromatic heterocycles. The Kier molecular flexibility index (Phi) is 16.6. The number of fused-ring (bicyclic) bond motifs is 4. The van der Waals surface area contributed by atoms with Gasteiger partial charge in [-0.25, -0.2) is 4.98 Å². The molecule has 4 heterocycles. The Morgan fingerprint density at radius 2 is 1.37 bits per heavy atom. The van der Waals surface area contributed by atoms with Crippen molar-refractivity contribution in [2.24, 2.45) is 35.5 Å².